The molecule has 1 rings (SSSR count). The Morgan fingerprint density at radius 2 is 2.06 bits per heavy atom. The molecule has 0 aliphatic rings. The number of rotatable bonds is 5. The molecule has 0 aliphatic heterocycles. The van der Waals surface area contributed by atoms with E-state index in [4.69, 9.17) is 18.0 Å². The Kier molecular flexibility index (Phi) is 4.26. The molecule has 0 unspecified atom stereocenters. The molecule has 1 aromatic carbocycles. The van der Waals surface area contributed by atoms with Crippen LogP contribution in [0.2, 0.25) is 0 Å². The summed E-state index contributed by atoms with van der Waals surface area (Å²) in [5, 5.41) is 3.00. The van der Waals surface area contributed by atoms with Gasteiger partial charge >= 0.3 is 0 Å². The summed E-state index contributed by atoms with van der Waals surface area (Å²) < 4.78 is 21.9. The highest BCUT2D eigenvalue weighted by Gasteiger charge is 2.05. The van der Waals surface area contributed by atoms with E-state index in [-0.39, 0.29) is 5.75 Å². The molecule has 0 atom stereocenters. The number of thiocarbonyl (C=S) groups is 1. The van der Waals surface area contributed by atoms with E-state index >= 15 is 0 Å². The molecule has 6 heteroatoms. The highest BCUT2D eigenvalue weighted by atomic mass is 32.2. The van der Waals surface area contributed by atoms with Crippen LogP contribution in [0.4, 0.5) is 5.69 Å². The SMILES string of the molecule is CS(=O)(=O)CCNc1ccccc1C(N)=S. The van der Waals surface area contributed by atoms with E-state index in [2.05, 4.69) is 5.32 Å². The zero-order valence-corrected chi connectivity index (χ0v) is 10.6. The fourth-order valence-electron chi connectivity index (χ4n) is 1.22. The van der Waals surface area contributed by atoms with Crippen LogP contribution in [-0.4, -0.2) is 32.0 Å². The molecule has 88 valence electrons. The molecule has 0 bridgehead atoms. The second-order valence-corrected chi connectivity index (χ2v) is 6.17. The van der Waals surface area contributed by atoms with Gasteiger partial charge in [0.15, 0.2) is 0 Å². The Bertz CT molecular complexity index is 483. The van der Waals surface area contributed by atoms with Crippen molar-refractivity contribution >= 4 is 32.7 Å². The Hall–Kier alpha value is -1.14. The zero-order valence-electron chi connectivity index (χ0n) is 8.93. The third-order valence-corrected chi connectivity index (χ3v) is 3.15. The molecule has 0 saturated carbocycles. The van der Waals surface area contributed by atoms with Gasteiger partial charge in [0.2, 0.25) is 0 Å². The van der Waals surface area contributed by atoms with Gasteiger partial charge in [0, 0.05) is 24.1 Å². The van der Waals surface area contributed by atoms with Crippen LogP contribution >= 0.6 is 12.2 Å². The third-order valence-electron chi connectivity index (χ3n) is 1.98. The lowest BCUT2D eigenvalue weighted by Crippen LogP contribution is -2.17. The quantitative estimate of drug-likeness (QED) is 0.764. The van der Waals surface area contributed by atoms with Crippen LogP contribution in [-0.2, 0) is 9.84 Å². The molecule has 3 N–H and O–H groups in total. The lowest BCUT2D eigenvalue weighted by atomic mass is 10.2. The fourth-order valence-corrected chi connectivity index (χ4v) is 1.87. The van der Waals surface area contributed by atoms with Crippen LogP contribution in [0.1, 0.15) is 5.56 Å². The second-order valence-electron chi connectivity index (χ2n) is 3.47. The Balaban J connectivity index is 2.71. The minimum absolute atomic E-state index is 0.0820. The Morgan fingerprint density at radius 1 is 1.44 bits per heavy atom. The zero-order chi connectivity index (χ0) is 12.2. The average Bonchev–Trinajstić information content (AvgIpc) is 2.16. The van der Waals surface area contributed by atoms with Crippen molar-refractivity contribution in [3.63, 3.8) is 0 Å². The topological polar surface area (TPSA) is 72.2 Å². The number of nitrogens with one attached hydrogen (secondary N) is 1. The van der Waals surface area contributed by atoms with E-state index in [1.54, 1.807) is 6.07 Å². The van der Waals surface area contributed by atoms with Crippen LogP contribution in [0.15, 0.2) is 24.3 Å². The summed E-state index contributed by atoms with van der Waals surface area (Å²) in [5.41, 5.74) is 7.04. The molecule has 16 heavy (non-hydrogen) atoms. The molecule has 0 aromatic heterocycles. The molecule has 0 radical (unpaired) electrons. The standard InChI is InChI=1S/C10H14N2O2S2/c1-16(13,14)7-6-12-9-5-3-2-4-8(9)10(11)15/h2-5,12H,6-7H2,1H3,(H2,11,15). The molecule has 1 aromatic rings. The largest absolute Gasteiger partial charge is 0.389 e. The van der Waals surface area contributed by atoms with Crippen molar-refractivity contribution in [3.8, 4) is 0 Å². The molecule has 0 amide bonds. The predicted octanol–water partition coefficient (Wildman–Crippen LogP) is 0.777. The third kappa shape index (κ3) is 4.16. The van der Waals surface area contributed by atoms with Crippen molar-refractivity contribution in [2.45, 2.75) is 0 Å². The minimum atomic E-state index is -2.95. The summed E-state index contributed by atoms with van der Waals surface area (Å²) in [7, 11) is -2.95. The van der Waals surface area contributed by atoms with Crippen molar-refractivity contribution in [1.29, 1.82) is 0 Å². The van der Waals surface area contributed by atoms with Crippen LogP contribution < -0.4 is 11.1 Å². The van der Waals surface area contributed by atoms with Gasteiger partial charge in [0.1, 0.15) is 14.8 Å². The molecule has 0 heterocycles. The van der Waals surface area contributed by atoms with E-state index in [0.717, 1.165) is 11.3 Å². The van der Waals surface area contributed by atoms with Gasteiger partial charge < -0.3 is 11.1 Å². The summed E-state index contributed by atoms with van der Waals surface area (Å²) in [4.78, 5) is 0.294. The number of hydrogen-bond acceptors (Lipinski definition) is 4. The molecule has 0 aliphatic carbocycles. The summed E-state index contributed by atoms with van der Waals surface area (Å²) in [5.74, 6) is 0.0820. The maximum atomic E-state index is 10.9. The molecular weight excluding hydrogens is 244 g/mol. The van der Waals surface area contributed by atoms with Gasteiger partial charge in [0.25, 0.3) is 0 Å². The van der Waals surface area contributed by atoms with Crippen molar-refractivity contribution in [1.82, 2.24) is 0 Å². The highest BCUT2D eigenvalue weighted by molar-refractivity contribution is 7.90. The maximum absolute atomic E-state index is 10.9. The minimum Gasteiger partial charge on any atom is -0.389 e. The highest BCUT2D eigenvalue weighted by Crippen LogP contribution is 2.14. The predicted molar refractivity (Wildman–Crippen MR) is 70.5 cm³/mol. The van der Waals surface area contributed by atoms with Crippen molar-refractivity contribution < 1.29 is 8.42 Å². The first-order chi connectivity index (χ1) is 7.40. The van der Waals surface area contributed by atoms with Gasteiger partial charge in [-0.25, -0.2) is 8.42 Å². The molecule has 0 fully saturated rings. The van der Waals surface area contributed by atoms with Gasteiger partial charge in [-0.3, -0.25) is 0 Å². The molecular formula is C10H14N2O2S2. The van der Waals surface area contributed by atoms with E-state index in [1.807, 2.05) is 18.2 Å². The Morgan fingerprint density at radius 3 is 2.62 bits per heavy atom. The number of nitrogens with two attached hydrogens (primary N) is 1. The van der Waals surface area contributed by atoms with E-state index in [1.165, 1.54) is 6.26 Å². The first kappa shape index (κ1) is 12.9. The smallest absolute Gasteiger partial charge is 0.149 e. The number of benzene rings is 1. The summed E-state index contributed by atoms with van der Waals surface area (Å²) in [6, 6.07) is 7.28. The lowest BCUT2D eigenvalue weighted by Gasteiger charge is -2.10. The monoisotopic (exact) mass is 258 g/mol. The summed E-state index contributed by atoms with van der Waals surface area (Å²) in [6.45, 7) is 0.346. The van der Waals surface area contributed by atoms with Crippen molar-refractivity contribution in [2.75, 3.05) is 23.9 Å². The lowest BCUT2D eigenvalue weighted by molar-refractivity contribution is 0.602. The van der Waals surface area contributed by atoms with E-state index in [0.29, 0.717) is 11.5 Å². The van der Waals surface area contributed by atoms with Gasteiger partial charge in [-0.1, -0.05) is 24.4 Å². The van der Waals surface area contributed by atoms with Crippen molar-refractivity contribution in [2.24, 2.45) is 5.73 Å². The first-order valence-electron chi connectivity index (χ1n) is 4.70. The van der Waals surface area contributed by atoms with Gasteiger partial charge in [-0.05, 0) is 12.1 Å². The normalized spacial score (nSPS) is 11.1. The van der Waals surface area contributed by atoms with E-state index in [9.17, 15) is 8.42 Å². The van der Waals surface area contributed by atoms with Gasteiger partial charge in [0.05, 0.1) is 5.75 Å². The number of anilines is 1. The van der Waals surface area contributed by atoms with Crippen LogP contribution in [0.25, 0.3) is 0 Å². The number of sulfone groups is 1. The maximum Gasteiger partial charge on any atom is 0.149 e. The number of para-hydroxylation sites is 1. The van der Waals surface area contributed by atoms with Gasteiger partial charge in [-0.2, -0.15) is 0 Å². The van der Waals surface area contributed by atoms with Gasteiger partial charge in [-0.15, -0.1) is 0 Å². The van der Waals surface area contributed by atoms with Crippen molar-refractivity contribution in [3.05, 3.63) is 29.8 Å². The fraction of sp³-hybridized carbons (Fsp3) is 0.300. The van der Waals surface area contributed by atoms with Crippen LogP contribution in [0.5, 0.6) is 0 Å². The average molecular weight is 258 g/mol. The Labute approximate surface area is 101 Å². The molecule has 0 saturated heterocycles. The van der Waals surface area contributed by atoms with Crippen LogP contribution in [0.3, 0.4) is 0 Å². The van der Waals surface area contributed by atoms with Crippen LogP contribution in [0, 0.1) is 0 Å². The summed E-state index contributed by atoms with van der Waals surface area (Å²) in [6.07, 6.45) is 1.20. The molecule has 0 spiro atoms. The summed E-state index contributed by atoms with van der Waals surface area (Å²) >= 11 is 4.89. The van der Waals surface area contributed by atoms with E-state index < -0.39 is 9.84 Å². The number of hydrogen-bond donors (Lipinski definition) is 2. The first-order valence-corrected chi connectivity index (χ1v) is 7.17. The second kappa shape index (κ2) is 5.27. The molecule has 4 nitrogen and oxygen atoms in total.